The van der Waals surface area contributed by atoms with E-state index in [4.69, 9.17) is 4.74 Å². The largest absolute Gasteiger partial charge is 0.444 e. The molecule has 0 saturated heterocycles. The third-order valence-electron chi connectivity index (χ3n) is 2.29. The summed E-state index contributed by atoms with van der Waals surface area (Å²) in [6, 6.07) is -0.458. The van der Waals surface area contributed by atoms with Crippen molar-refractivity contribution < 1.29 is 14.3 Å². The molecule has 0 aromatic heterocycles. The van der Waals surface area contributed by atoms with E-state index >= 15 is 0 Å². The highest BCUT2D eigenvalue weighted by Gasteiger charge is 2.37. The number of alkyl carbamates (subject to hydrolysis) is 1. The van der Waals surface area contributed by atoms with Gasteiger partial charge in [0, 0.05) is 7.05 Å². The first-order chi connectivity index (χ1) is 7.33. The molecule has 5 heteroatoms. The number of carbonyl (C=O) groups excluding carboxylic acids is 2. The second-order valence-electron chi connectivity index (χ2n) is 5.08. The van der Waals surface area contributed by atoms with Gasteiger partial charge in [0.15, 0.2) is 0 Å². The molecule has 1 rings (SSSR count). The van der Waals surface area contributed by atoms with E-state index in [0.29, 0.717) is 0 Å². The van der Waals surface area contributed by atoms with Crippen LogP contribution >= 0.6 is 0 Å². The fraction of sp³-hybridized carbons (Fsp3) is 0.818. The van der Waals surface area contributed by atoms with Gasteiger partial charge >= 0.3 is 6.09 Å². The Morgan fingerprint density at radius 2 is 1.88 bits per heavy atom. The van der Waals surface area contributed by atoms with E-state index in [-0.39, 0.29) is 11.8 Å². The van der Waals surface area contributed by atoms with Crippen molar-refractivity contribution in [2.45, 2.75) is 45.3 Å². The summed E-state index contributed by atoms with van der Waals surface area (Å²) >= 11 is 0. The molecule has 0 bridgehead atoms. The zero-order valence-electron chi connectivity index (χ0n) is 10.3. The fourth-order valence-electron chi connectivity index (χ4n) is 1.42. The van der Waals surface area contributed by atoms with Crippen LogP contribution in [-0.2, 0) is 9.53 Å². The van der Waals surface area contributed by atoms with Crippen LogP contribution in [0.2, 0.25) is 0 Å². The number of ether oxygens (including phenoxy) is 1. The summed E-state index contributed by atoms with van der Waals surface area (Å²) in [5.74, 6) is 0.0980. The molecular weight excluding hydrogens is 208 g/mol. The van der Waals surface area contributed by atoms with Gasteiger partial charge in [-0.05, 0) is 39.5 Å². The Balaban J connectivity index is 2.49. The first-order valence-corrected chi connectivity index (χ1v) is 5.54. The summed E-state index contributed by atoms with van der Waals surface area (Å²) in [6.07, 6.45) is 1.43. The number of rotatable bonds is 3. The van der Waals surface area contributed by atoms with Gasteiger partial charge in [-0.25, -0.2) is 4.79 Å². The lowest BCUT2D eigenvalue weighted by Crippen LogP contribution is -2.48. The summed E-state index contributed by atoms with van der Waals surface area (Å²) in [4.78, 5) is 23.0. The van der Waals surface area contributed by atoms with Crippen LogP contribution in [0.5, 0.6) is 0 Å². The van der Waals surface area contributed by atoms with E-state index in [1.165, 1.54) is 0 Å². The van der Waals surface area contributed by atoms with Gasteiger partial charge in [-0.15, -0.1) is 0 Å². The van der Waals surface area contributed by atoms with Crippen molar-refractivity contribution in [3.63, 3.8) is 0 Å². The minimum atomic E-state index is -0.541. The second kappa shape index (κ2) is 4.72. The Morgan fingerprint density at radius 3 is 2.25 bits per heavy atom. The molecule has 0 radical (unpaired) electrons. The molecule has 1 aliphatic carbocycles. The quantitative estimate of drug-likeness (QED) is 0.758. The lowest BCUT2D eigenvalue weighted by Gasteiger charge is -2.22. The van der Waals surface area contributed by atoms with Crippen molar-refractivity contribution in [2.75, 3.05) is 7.05 Å². The van der Waals surface area contributed by atoms with E-state index in [0.717, 1.165) is 12.8 Å². The maximum atomic E-state index is 11.5. The maximum Gasteiger partial charge on any atom is 0.408 e. The number of likely N-dealkylation sites (N-methyl/N-ethyl adjacent to an activating group) is 1. The van der Waals surface area contributed by atoms with E-state index in [9.17, 15) is 9.59 Å². The highest BCUT2D eigenvalue weighted by molar-refractivity contribution is 5.86. The van der Waals surface area contributed by atoms with Crippen LogP contribution in [0.1, 0.15) is 33.6 Å². The van der Waals surface area contributed by atoms with Crippen molar-refractivity contribution in [1.82, 2.24) is 10.6 Å². The Hall–Kier alpha value is -1.26. The van der Waals surface area contributed by atoms with Crippen molar-refractivity contribution in [3.05, 3.63) is 0 Å². The van der Waals surface area contributed by atoms with Crippen LogP contribution in [-0.4, -0.2) is 30.7 Å². The minimum Gasteiger partial charge on any atom is -0.444 e. The molecule has 0 aliphatic heterocycles. The Kier molecular flexibility index (Phi) is 3.78. The SMILES string of the molecule is CNC(=O)[C@@H](NC(=O)OC(C)(C)C)C1CC1. The van der Waals surface area contributed by atoms with Crippen molar-refractivity contribution in [1.29, 1.82) is 0 Å². The van der Waals surface area contributed by atoms with E-state index < -0.39 is 17.7 Å². The number of amides is 2. The molecule has 0 spiro atoms. The summed E-state index contributed by atoms with van der Waals surface area (Å²) < 4.78 is 5.11. The van der Waals surface area contributed by atoms with Gasteiger partial charge in [-0.1, -0.05) is 0 Å². The zero-order valence-corrected chi connectivity index (χ0v) is 10.3. The summed E-state index contributed by atoms with van der Waals surface area (Å²) in [5, 5.41) is 5.16. The van der Waals surface area contributed by atoms with Crippen molar-refractivity contribution in [2.24, 2.45) is 5.92 Å². The van der Waals surface area contributed by atoms with E-state index in [1.807, 2.05) is 0 Å². The number of hydrogen-bond acceptors (Lipinski definition) is 3. The highest BCUT2D eigenvalue weighted by Crippen LogP contribution is 2.32. The molecule has 0 heterocycles. The third-order valence-corrected chi connectivity index (χ3v) is 2.29. The molecule has 92 valence electrons. The summed E-state index contributed by atoms with van der Waals surface area (Å²) in [5.41, 5.74) is -0.541. The standard InChI is InChI=1S/C11H20N2O3/c1-11(2,3)16-10(15)13-8(7-5-6-7)9(14)12-4/h7-8H,5-6H2,1-4H3,(H,12,14)(H,13,15)/t8-/m0/s1. The molecule has 5 nitrogen and oxygen atoms in total. The molecule has 16 heavy (non-hydrogen) atoms. The average molecular weight is 228 g/mol. The lowest BCUT2D eigenvalue weighted by molar-refractivity contribution is -0.123. The maximum absolute atomic E-state index is 11.5. The van der Waals surface area contributed by atoms with Crippen LogP contribution in [0.15, 0.2) is 0 Å². The lowest BCUT2D eigenvalue weighted by atomic mass is 10.1. The number of hydrogen-bond donors (Lipinski definition) is 2. The molecule has 0 aromatic rings. The van der Waals surface area contributed by atoms with Gasteiger partial charge in [0.1, 0.15) is 11.6 Å². The fourth-order valence-corrected chi connectivity index (χ4v) is 1.42. The monoisotopic (exact) mass is 228 g/mol. The average Bonchev–Trinajstić information content (AvgIpc) is 2.93. The minimum absolute atomic E-state index is 0.159. The van der Waals surface area contributed by atoms with Gasteiger partial charge in [-0.2, -0.15) is 0 Å². The van der Waals surface area contributed by atoms with E-state index in [2.05, 4.69) is 10.6 Å². The molecule has 2 amide bonds. The Morgan fingerprint density at radius 1 is 1.31 bits per heavy atom. The van der Waals surface area contributed by atoms with E-state index in [1.54, 1.807) is 27.8 Å². The first kappa shape index (κ1) is 12.8. The number of carbonyl (C=O) groups is 2. The topological polar surface area (TPSA) is 67.4 Å². The molecule has 1 atom stereocenters. The molecule has 1 aliphatic rings. The second-order valence-corrected chi connectivity index (χ2v) is 5.08. The van der Waals surface area contributed by atoms with Crippen molar-refractivity contribution in [3.8, 4) is 0 Å². The number of nitrogens with one attached hydrogen (secondary N) is 2. The van der Waals surface area contributed by atoms with Crippen LogP contribution in [0.4, 0.5) is 4.79 Å². The van der Waals surface area contributed by atoms with Crippen LogP contribution in [0.3, 0.4) is 0 Å². The predicted molar refractivity (Wildman–Crippen MR) is 59.9 cm³/mol. The van der Waals surface area contributed by atoms with Gasteiger partial charge in [-0.3, -0.25) is 4.79 Å². The summed E-state index contributed by atoms with van der Waals surface area (Å²) in [7, 11) is 1.56. The van der Waals surface area contributed by atoms with Crippen LogP contribution in [0, 0.1) is 5.92 Å². The Labute approximate surface area is 95.9 Å². The molecule has 2 N–H and O–H groups in total. The molecular formula is C11H20N2O3. The Bertz CT molecular complexity index is 279. The normalized spacial score (nSPS) is 17.5. The van der Waals surface area contributed by atoms with Crippen LogP contribution < -0.4 is 10.6 Å². The third kappa shape index (κ3) is 4.08. The smallest absolute Gasteiger partial charge is 0.408 e. The van der Waals surface area contributed by atoms with Crippen molar-refractivity contribution >= 4 is 12.0 Å². The van der Waals surface area contributed by atoms with Gasteiger partial charge in [0.25, 0.3) is 0 Å². The molecule has 1 fully saturated rings. The van der Waals surface area contributed by atoms with Gasteiger partial charge < -0.3 is 15.4 Å². The molecule has 0 aromatic carbocycles. The van der Waals surface area contributed by atoms with Gasteiger partial charge in [0.2, 0.25) is 5.91 Å². The first-order valence-electron chi connectivity index (χ1n) is 5.54. The summed E-state index contributed by atoms with van der Waals surface area (Å²) in [6.45, 7) is 5.37. The predicted octanol–water partition coefficient (Wildman–Crippen LogP) is 1.04. The highest BCUT2D eigenvalue weighted by atomic mass is 16.6. The molecule has 1 saturated carbocycles. The van der Waals surface area contributed by atoms with Crippen LogP contribution in [0.25, 0.3) is 0 Å². The molecule has 0 unspecified atom stereocenters. The van der Waals surface area contributed by atoms with Gasteiger partial charge in [0.05, 0.1) is 0 Å². The zero-order chi connectivity index (χ0) is 12.3.